The van der Waals surface area contributed by atoms with Crippen LogP contribution in [0.4, 0.5) is 5.69 Å². The Morgan fingerprint density at radius 2 is 1.86 bits per heavy atom. The van der Waals surface area contributed by atoms with Gasteiger partial charge in [0, 0.05) is 81.5 Å². The van der Waals surface area contributed by atoms with Gasteiger partial charge in [0.1, 0.15) is 0 Å². The van der Waals surface area contributed by atoms with Gasteiger partial charge in [-0.05, 0) is 89.8 Å². The van der Waals surface area contributed by atoms with Crippen LogP contribution in [0.5, 0.6) is 0 Å². The highest BCUT2D eigenvalue weighted by molar-refractivity contribution is 14.1. The summed E-state index contributed by atoms with van der Waals surface area (Å²) in [5, 5.41) is 5.03. The van der Waals surface area contributed by atoms with Crippen molar-refractivity contribution in [3.05, 3.63) is 67.4 Å². The van der Waals surface area contributed by atoms with Crippen molar-refractivity contribution >= 4 is 45.8 Å². The summed E-state index contributed by atoms with van der Waals surface area (Å²) >= 11 is 3.95. The number of hydrogen-bond donors (Lipinski definition) is 2. The third-order valence-electron chi connectivity index (χ3n) is 7.53. The second kappa shape index (κ2) is 12.1. The van der Waals surface area contributed by atoms with Gasteiger partial charge in [-0.2, -0.15) is 0 Å². The van der Waals surface area contributed by atoms with E-state index < -0.39 is 0 Å². The number of rotatable bonds is 8. The van der Waals surface area contributed by atoms with E-state index in [-0.39, 0.29) is 18.0 Å². The third kappa shape index (κ3) is 6.26. The number of amides is 1. The molecule has 1 saturated carbocycles. The van der Waals surface area contributed by atoms with Gasteiger partial charge in [-0.15, -0.1) is 11.3 Å². The van der Waals surface area contributed by atoms with Gasteiger partial charge in [-0.1, -0.05) is 0 Å². The molecule has 1 aliphatic carbocycles. The predicted molar refractivity (Wildman–Crippen MR) is 161 cm³/mol. The van der Waals surface area contributed by atoms with E-state index >= 15 is 0 Å². The van der Waals surface area contributed by atoms with E-state index in [0.717, 1.165) is 53.2 Å². The van der Waals surface area contributed by atoms with Crippen molar-refractivity contribution in [3.63, 3.8) is 0 Å². The van der Waals surface area contributed by atoms with Crippen molar-refractivity contribution in [3.8, 4) is 11.3 Å². The number of carbonyl (C=O) groups is 1. The number of aromatic nitrogens is 2. The van der Waals surface area contributed by atoms with Gasteiger partial charge in [0.2, 0.25) is 0 Å². The number of nitrogens with one attached hydrogen (secondary N) is 2. The highest BCUT2D eigenvalue weighted by Gasteiger charge is 2.29. The summed E-state index contributed by atoms with van der Waals surface area (Å²) in [7, 11) is 2.15. The number of anilines is 1. The number of benzene rings is 1. The molecule has 2 heterocycles. The standard InChI is InChI=1S/C28H36IN5O2S/c1-6-34(22-9-7-21(8-10-22)33(5)29)26-13-20(25-15-37-16-31-25)12-23(19(26)4)27(35)30-14-24-17(2)11-18(3)32-28(24)36/h11-13,15-16,21-22H,6-10,14H2,1-5H3,(H,30,35)(H,32,36)/t21-,22-. The maximum absolute atomic E-state index is 13.5. The first-order valence-electron chi connectivity index (χ1n) is 12.9. The Morgan fingerprint density at radius 1 is 1.16 bits per heavy atom. The van der Waals surface area contributed by atoms with Gasteiger partial charge in [-0.25, -0.2) is 8.10 Å². The van der Waals surface area contributed by atoms with Gasteiger partial charge < -0.3 is 15.2 Å². The number of nitrogens with zero attached hydrogens (tertiary/aromatic N) is 3. The number of aryl methyl sites for hydroxylation is 2. The molecule has 0 spiro atoms. The number of halogens is 1. The van der Waals surface area contributed by atoms with Crippen LogP contribution < -0.4 is 15.8 Å². The van der Waals surface area contributed by atoms with E-state index in [0.29, 0.717) is 23.2 Å². The summed E-state index contributed by atoms with van der Waals surface area (Å²) in [6, 6.07) is 7.11. The molecular weight excluding hydrogens is 597 g/mol. The molecule has 3 aromatic rings. The van der Waals surface area contributed by atoms with E-state index in [1.54, 1.807) is 11.3 Å². The molecule has 0 atom stereocenters. The van der Waals surface area contributed by atoms with Crippen LogP contribution in [-0.2, 0) is 6.54 Å². The Labute approximate surface area is 237 Å². The molecule has 1 amide bonds. The molecule has 2 N–H and O–H groups in total. The minimum absolute atomic E-state index is 0.156. The molecular formula is C28H36IN5O2S. The van der Waals surface area contributed by atoms with Crippen LogP contribution in [0.3, 0.4) is 0 Å². The lowest BCUT2D eigenvalue weighted by molar-refractivity contribution is 0.0950. The molecule has 0 bridgehead atoms. The van der Waals surface area contributed by atoms with Crippen LogP contribution in [0.25, 0.3) is 11.3 Å². The SMILES string of the molecule is CCN(c1cc(-c2cscn2)cc(C(=O)NCc2c(C)cc(C)[nH]c2=O)c1C)[C@H]1CC[C@H](N(C)I)CC1. The van der Waals surface area contributed by atoms with Crippen LogP contribution >= 0.6 is 34.2 Å². The lowest BCUT2D eigenvalue weighted by Crippen LogP contribution is -2.41. The monoisotopic (exact) mass is 633 g/mol. The molecule has 198 valence electrons. The number of pyridine rings is 1. The first kappa shape index (κ1) is 27.8. The van der Waals surface area contributed by atoms with Gasteiger partial charge in [0.15, 0.2) is 0 Å². The molecule has 37 heavy (non-hydrogen) atoms. The van der Waals surface area contributed by atoms with Crippen molar-refractivity contribution < 1.29 is 4.79 Å². The first-order chi connectivity index (χ1) is 17.7. The average molecular weight is 634 g/mol. The van der Waals surface area contributed by atoms with Crippen molar-refractivity contribution in [1.29, 1.82) is 0 Å². The van der Waals surface area contributed by atoms with E-state index in [2.05, 4.69) is 66.2 Å². The molecule has 1 aliphatic rings. The Bertz CT molecular complexity index is 1300. The van der Waals surface area contributed by atoms with Gasteiger partial charge in [0.25, 0.3) is 11.5 Å². The Hall–Kier alpha value is -2.24. The van der Waals surface area contributed by atoms with Crippen molar-refractivity contribution in [2.45, 2.75) is 72.0 Å². The Kier molecular flexibility index (Phi) is 9.07. The third-order valence-corrected chi connectivity index (χ3v) is 8.91. The molecule has 2 aromatic heterocycles. The van der Waals surface area contributed by atoms with Gasteiger partial charge in [0.05, 0.1) is 11.2 Å². The number of thiazole rings is 1. The number of H-pyrrole nitrogens is 1. The first-order valence-corrected chi connectivity index (χ1v) is 14.8. The second-order valence-corrected chi connectivity index (χ2v) is 12.2. The summed E-state index contributed by atoms with van der Waals surface area (Å²) in [6.07, 6.45) is 4.60. The van der Waals surface area contributed by atoms with Crippen LogP contribution in [0.2, 0.25) is 0 Å². The highest BCUT2D eigenvalue weighted by atomic mass is 127. The van der Waals surface area contributed by atoms with E-state index in [1.165, 1.54) is 12.8 Å². The molecule has 0 aliphatic heterocycles. The molecule has 4 rings (SSSR count). The summed E-state index contributed by atoms with van der Waals surface area (Å²) in [5.41, 5.74) is 8.42. The Balaban J connectivity index is 1.66. The quantitative estimate of drug-likeness (QED) is 0.243. The minimum Gasteiger partial charge on any atom is -0.369 e. The fraction of sp³-hybridized carbons (Fsp3) is 0.464. The zero-order chi connectivity index (χ0) is 26.7. The molecule has 1 aromatic carbocycles. The van der Waals surface area contributed by atoms with Crippen LogP contribution in [-0.4, -0.2) is 44.7 Å². The summed E-state index contributed by atoms with van der Waals surface area (Å²) in [6.45, 7) is 9.04. The fourth-order valence-electron chi connectivity index (χ4n) is 5.45. The Morgan fingerprint density at radius 3 is 2.46 bits per heavy atom. The molecule has 1 fully saturated rings. The van der Waals surface area contributed by atoms with E-state index in [9.17, 15) is 9.59 Å². The fourth-order valence-corrected chi connectivity index (χ4v) is 6.57. The normalized spacial score (nSPS) is 17.7. The number of carbonyl (C=O) groups excluding carboxylic acids is 1. The zero-order valence-corrected chi connectivity index (χ0v) is 25.2. The van der Waals surface area contributed by atoms with Crippen LogP contribution in [0, 0.1) is 20.8 Å². The largest absolute Gasteiger partial charge is 0.369 e. The number of aromatic amines is 1. The van der Waals surface area contributed by atoms with Gasteiger partial charge in [-0.3, -0.25) is 9.59 Å². The summed E-state index contributed by atoms with van der Waals surface area (Å²) < 4.78 is 2.31. The van der Waals surface area contributed by atoms with Crippen molar-refractivity contribution in [1.82, 2.24) is 18.4 Å². The van der Waals surface area contributed by atoms with Crippen LogP contribution in [0.15, 0.2) is 33.9 Å². The highest BCUT2D eigenvalue weighted by Crippen LogP contribution is 2.36. The lowest BCUT2D eigenvalue weighted by atomic mass is 9.89. The summed E-state index contributed by atoms with van der Waals surface area (Å²) in [4.78, 5) is 35.9. The van der Waals surface area contributed by atoms with E-state index in [4.69, 9.17) is 0 Å². The van der Waals surface area contributed by atoms with Gasteiger partial charge >= 0.3 is 0 Å². The maximum Gasteiger partial charge on any atom is 0.253 e. The molecule has 0 saturated heterocycles. The molecule has 0 unspecified atom stereocenters. The average Bonchev–Trinajstić information content (AvgIpc) is 3.40. The maximum atomic E-state index is 13.5. The predicted octanol–water partition coefficient (Wildman–Crippen LogP) is 5.77. The molecule has 9 heteroatoms. The molecule has 0 radical (unpaired) electrons. The van der Waals surface area contributed by atoms with Crippen molar-refractivity contribution in [2.75, 3.05) is 18.5 Å². The number of hydrogen-bond acceptors (Lipinski definition) is 6. The molecule has 7 nitrogen and oxygen atoms in total. The van der Waals surface area contributed by atoms with E-state index in [1.807, 2.05) is 43.8 Å². The lowest BCUT2D eigenvalue weighted by Gasteiger charge is -2.40. The second-order valence-electron chi connectivity index (χ2n) is 9.94. The van der Waals surface area contributed by atoms with Crippen molar-refractivity contribution in [2.24, 2.45) is 0 Å². The zero-order valence-electron chi connectivity index (χ0n) is 22.2. The summed E-state index contributed by atoms with van der Waals surface area (Å²) in [5.74, 6) is -0.179. The van der Waals surface area contributed by atoms with Crippen LogP contribution in [0.1, 0.15) is 65.3 Å². The minimum atomic E-state index is -0.179. The topological polar surface area (TPSA) is 81.3 Å². The smallest absolute Gasteiger partial charge is 0.253 e.